The van der Waals surface area contributed by atoms with E-state index in [1.54, 1.807) is 0 Å². The van der Waals surface area contributed by atoms with Gasteiger partial charge in [-0.05, 0) is 0 Å². The van der Waals surface area contributed by atoms with E-state index in [2.05, 4.69) is 15.4 Å². The smallest absolute Gasteiger partial charge is 0.253 e. The van der Waals surface area contributed by atoms with Crippen molar-refractivity contribution in [1.29, 1.82) is 0 Å². The van der Waals surface area contributed by atoms with Gasteiger partial charge < -0.3 is 36.9 Å². The molecular formula is C12H17N7O5. The molecule has 12 heteroatoms. The Hall–Kier alpha value is -2.51. The largest absolute Gasteiger partial charge is 0.394 e. The summed E-state index contributed by atoms with van der Waals surface area (Å²) in [5.41, 5.74) is 13.6. The van der Waals surface area contributed by atoms with Crippen LogP contribution in [0.15, 0.2) is 6.33 Å². The topological polar surface area (TPSA) is 208 Å². The van der Waals surface area contributed by atoms with Crippen LogP contribution in [0.2, 0.25) is 0 Å². The van der Waals surface area contributed by atoms with Crippen LogP contribution in [0.4, 0.5) is 11.6 Å². The summed E-state index contributed by atoms with van der Waals surface area (Å²) in [6.45, 7) is -0.515. The molecule has 0 aromatic carbocycles. The van der Waals surface area contributed by atoms with E-state index in [-0.39, 0.29) is 28.2 Å². The lowest BCUT2D eigenvalue weighted by Crippen LogP contribution is -2.33. The predicted octanol–water partition coefficient (Wildman–Crippen LogP) is -2.99. The molecule has 4 atom stereocenters. The monoisotopic (exact) mass is 339 g/mol. The van der Waals surface area contributed by atoms with Gasteiger partial charge in [0.15, 0.2) is 6.23 Å². The van der Waals surface area contributed by atoms with E-state index in [4.69, 9.17) is 22.0 Å². The fraction of sp³-hybridized carbons (Fsp3) is 0.417. The Balaban J connectivity index is 2.29. The third kappa shape index (κ3) is 2.16. The summed E-state index contributed by atoms with van der Waals surface area (Å²) in [4.78, 5) is 19.7. The van der Waals surface area contributed by atoms with E-state index in [1.807, 2.05) is 0 Å². The molecule has 3 rings (SSSR count). The van der Waals surface area contributed by atoms with Crippen molar-refractivity contribution in [2.45, 2.75) is 24.5 Å². The first kappa shape index (κ1) is 16.4. The van der Waals surface area contributed by atoms with E-state index >= 15 is 0 Å². The zero-order valence-electron chi connectivity index (χ0n) is 12.3. The summed E-state index contributed by atoms with van der Waals surface area (Å²) in [5, 5.41) is 29.6. The van der Waals surface area contributed by atoms with Crippen LogP contribution in [0.5, 0.6) is 0 Å². The third-order valence-corrected chi connectivity index (χ3v) is 3.97. The minimum absolute atomic E-state index is 0.0143. The number of hydrazine groups is 1. The SMILES string of the molecule is NNc1c(C(N)=O)c2c(N)ncnc2n1[C@H]1O[C@@H](CO)[C@@H](O)[C@@H]1O. The molecule has 0 bridgehead atoms. The molecule has 1 fully saturated rings. The van der Waals surface area contributed by atoms with Gasteiger partial charge >= 0.3 is 0 Å². The number of hydrogen-bond acceptors (Lipinski definition) is 10. The van der Waals surface area contributed by atoms with E-state index in [0.29, 0.717) is 0 Å². The van der Waals surface area contributed by atoms with Gasteiger partial charge in [-0.2, -0.15) is 0 Å². The number of carbonyl (C=O) groups excluding carboxylic acids is 1. The number of rotatable bonds is 4. The molecule has 24 heavy (non-hydrogen) atoms. The summed E-state index contributed by atoms with van der Waals surface area (Å²) < 4.78 is 6.72. The Bertz CT molecular complexity index is 794. The van der Waals surface area contributed by atoms with Crippen LogP contribution >= 0.6 is 0 Å². The van der Waals surface area contributed by atoms with Gasteiger partial charge in [-0.25, -0.2) is 15.8 Å². The standard InChI is InChI=1S/C12H17N7O5/c13-8-4-5(9(14)23)11(18-15)19(10(4)17-2-16-8)12-7(22)6(21)3(1-20)24-12/h2-3,6-7,12,18,20-22H,1,15H2,(H2,14,23)(H2,13,16,17)/t3-,6+,7-,12-/m0/s1. The highest BCUT2D eigenvalue weighted by Gasteiger charge is 2.45. The minimum Gasteiger partial charge on any atom is -0.394 e. The van der Waals surface area contributed by atoms with Gasteiger partial charge in [0.05, 0.1) is 17.6 Å². The first-order valence-electron chi connectivity index (χ1n) is 6.95. The highest BCUT2D eigenvalue weighted by atomic mass is 16.6. The van der Waals surface area contributed by atoms with Crippen molar-refractivity contribution >= 4 is 28.6 Å². The Morgan fingerprint density at radius 2 is 2.08 bits per heavy atom. The number of hydrogen-bond donors (Lipinski definition) is 7. The Morgan fingerprint density at radius 1 is 1.38 bits per heavy atom. The molecule has 0 aliphatic carbocycles. The summed E-state index contributed by atoms with van der Waals surface area (Å²) >= 11 is 0. The minimum atomic E-state index is -1.42. The number of nitrogens with one attached hydrogen (secondary N) is 1. The number of fused-ring (bicyclic) bond motifs is 1. The van der Waals surface area contributed by atoms with Gasteiger partial charge in [-0.15, -0.1) is 0 Å². The second-order valence-corrected chi connectivity index (χ2v) is 5.29. The number of nitrogens with two attached hydrogens (primary N) is 3. The van der Waals surface area contributed by atoms with Crippen molar-refractivity contribution in [3.05, 3.63) is 11.9 Å². The first-order chi connectivity index (χ1) is 11.4. The van der Waals surface area contributed by atoms with Crippen molar-refractivity contribution in [2.75, 3.05) is 17.8 Å². The first-order valence-corrected chi connectivity index (χ1v) is 6.95. The molecule has 1 saturated heterocycles. The predicted molar refractivity (Wildman–Crippen MR) is 81.3 cm³/mol. The van der Waals surface area contributed by atoms with E-state index in [1.165, 1.54) is 4.57 Å². The van der Waals surface area contributed by atoms with E-state index in [9.17, 15) is 20.1 Å². The average Bonchev–Trinajstić information content (AvgIpc) is 3.03. The maximum absolute atomic E-state index is 11.9. The van der Waals surface area contributed by atoms with Gasteiger partial charge in [0, 0.05) is 0 Å². The van der Waals surface area contributed by atoms with Crippen LogP contribution in [-0.4, -0.2) is 60.7 Å². The molecule has 10 N–H and O–H groups in total. The van der Waals surface area contributed by atoms with E-state index < -0.39 is 37.1 Å². The molecule has 0 spiro atoms. The summed E-state index contributed by atoms with van der Waals surface area (Å²) in [6, 6.07) is 0. The zero-order chi connectivity index (χ0) is 17.6. The molecule has 0 unspecified atom stereocenters. The number of amides is 1. The van der Waals surface area contributed by atoms with Gasteiger partial charge in [0.2, 0.25) is 0 Å². The van der Waals surface area contributed by atoms with Crippen molar-refractivity contribution in [1.82, 2.24) is 14.5 Å². The highest BCUT2D eigenvalue weighted by molar-refractivity contribution is 6.13. The molecule has 2 aromatic heterocycles. The number of aromatic nitrogens is 3. The molecule has 1 aliphatic rings. The Labute approximate surface area is 134 Å². The zero-order valence-corrected chi connectivity index (χ0v) is 12.3. The fourth-order valence-corrected chi connectivity index (χ4v) is 2.88. The maximum atomic E-state index is 11.9. The molecular weight excluding hydrogens is 322 g/mol. The number of nitrogen functional groups attached to an aromatic ring is 2. The number of nitrogens with zero attached hydrogens (tertiary/aromatic N) is 3. The van der Waals surface area contributed by atoms with E-state index in [0.717, 1.165) is 6.33 Å². The van der Waals surface area contributed by atoms with Crippen molar-refractivity contribution in [2.24, 2.45) is 11.6 Å². The molecule has 0 saturated carbocycles. The fourth-order valence-electron chi connectivity index (χ4n) is 2.88. The molecule has 12 nitrogen and oxygen atoms in total. The van der Waals surface area contributed by atoms with Crippen LogP contribution in [0.3, 0.4) is 0 Å². The van der Waals surface area contributed by atoms with Crippen LogP contribution in [0.25, 0.3) is 11.0 Å². The van der Waals surface area contributed by atoms with Crippen molar-refractivity contribution < 1.29 is 24.9 Å². The van der Waals surface area contributed by atoms with Crippen LogP contribution in [0.1, 0.15) is 16.6 Å². The number of aliphatic hydroxyl groups excluding tert-OH is 3. The summed E-state index contributed by atoms with van der Waals surface area (Å²) in [5.74, 6) is 4.62. The number of anilines is 2. The number of aliphatic hydroxyl groups is 3. The molecule has 3 heterocycles. The van der Waals surface area contributed by atoms with Gasteiger partial charge in [-0.3, -0.25) is 9.36 Å². The quantitative estimate of drug-likeness (QED) is 0.222. The molecule has 130 valence electrons. The van der Waals surface area contributed by atoms with Crippen molar-refractivity contribution in [3.8, 4) is 0 Å². The molecule has 1 aliphatic heterocycles. The van der Waals surface area contributed by atoms with Gasteiger partial charge in [-0.1, -0.05) is 0 Å². The van der Waals surface area contributed by atoms with Gasteiger partial charge in [0.1, 0.15) is 41.9 Å². The van der Waals surface area contributed by atoms with Crippen molar-refractivity contribution in [3.63, 3.8) is 0 Å². The molecule has 2 aromatic rings. The summed E-state index contributed by atoms with van der Waals surface area (Å²) in [6.07, 6.45) is -3.82. The second-order valence-electron chi connectivity index (χ2n) is 5.29. The number of ether oxygens (including phenoxy) is 1. The maximum Gasteiger partial charge on any atom is 0.253 e. The molecule has 0 radical (unpaired) electrons. The second kappa shape index (κ2) is 5.85. The Morgan fingerprint density at radius 3 is 2.62 bits per heavy atom. The normalized spacial score (nSPS) is 26.8. The van der Waals surface area contributed by atoms with Crippen LogP contribution in [0, 0.1) is 0 Å². The lowest BCUT2D eigenvalue weighted by molar-refractivity contribution is -0.0499. The highest BCUT2D eigenvalue weighted by Crippen LogP contribution is 2.39. The van der Waals surface area contributed by atoms with Gasteiger partial charge in [0.25, 0.3) is 5.91 Å². The lowest BCUT2D eigenvalue weighted by Gasteiger charge is -2.20. The third-order valence-electron chi connectivity index (χ3n) is 3.97. The lowest BCUT2D eigenvalue weighted by atomic mass is 10.1. The summed E-state index contributed by atoms with van der Waals surface area (Å²) in [7, 11) is 0. The number of carbonyl (C=O) groups is 1. The Kier molecular flexibility index (Phi) is 3.98. The average molecular weight is 339 g/mol. The number of primary amides is 1. The van der Waals surface area contributed by atoms with Crippen LogP contribution < -0.4 is 22.7 Å². The van der Waals surface area contributed by atoms with Crippen LogP contribution in [-0.2, 0) is 4.74 Å². The molecule has 1 amide bonds.